The van der Waals surface area contributed by atoms with Crippen molar-refractivity contribution in [3.63, 3.8) is 0 Å². The van der Waals surface area contributed by atoms with Crippen LogP contribution in [0.1, 0.15) is 68.7 Å². The SMILES string of the molecule is C=C(N)C/C(=C/c1cc(CCC)cc(CC)c1C)C1CC(C)C1. The molecule has 0 atom stereocenters. The molecular formula is C22H33N. The molecule has 1 aromatic carbocycles. The Hall–Kier alpha value is -1.50. The average Bonchev–Trinajstić information content (AvgIpc) is 2.46. The van der Waals surface area contributed by atoms with E-state index in [2.05, 4.69) is 52.5 Å². The Kier molecular flexibility index (Phi) is 6.10. The fourth-order valence-corrected chi connectivity index (χ4v) is 3.80. The summed E-state index contributed by atoms with van der Waals surface area (Å²) in [6.45, 7) is 13.0. The van der Waals surface area contributed by atoms with Gasteiger partial charge in [0.2, 0.25) is 0 Å². The summed E-state index contributed by atoms with van der Waals surface area (Å²) in [6.07, 6.45) is 9.32. The summed E-state index contributed by atoms with van der Waals surface area (Å²) >= 11 is 0. The van der Waals surface area contributed by atoms with E-state index >= 15 is 0 Å². The molecule has 0 heterocycles. The normalized spacial score (nSPS) is 21.1. The topological polar surface area (TPSA) is 26.0 Å². The minimum atomic E-state index is 0.699. The molecule has 0 radical (unpaired) electrons. The largest absolute Gasteiger partial charge is 0.402 e. The van der Waals surface area contributed by atoms with Crippen LogP contribution in [0.15, 0.2) is 30.0 Å². The number of benzene rings is 1. The molecule has 1 aliphatic carbocycles. The van der Waals surface area contributed by atoms with Gasteiger partial charge in [-0.1, -0.05) is 57.6 Å². The van der Waals surface area contributed by atoms with Gasteiger partial charge >= 0.3 is 0 Å². The lowest BCUT2D eigenvalue weighted by Gasteiger charge is -2.35. The first-order chi connectivity index (χ1) is 10.9. The van der Waals surface area contributed by atoms with Crippen LogP contribution in [-0.4, -0.2) is 0 Å². The van der Waals surface area contributed by atoms with Crippen molar-refractivity contribution in [2.45, 2.75) is 66.2 Å². The van der Waals surface area contributed by atoms with Gasteiger partial charge in [-0.2, -0.15) is 0 Å². The Morgan fingerprint density at radius 3 is 2.52 bits per heavy atom. The lowest BCUT2D eigenvalue weighted by Crippen LogP contribution is -2.23. The van der Waals surface area contributed by atoms with E-state index in [1.807, 2.05) is 0 Å². The Balaban J connectivity index is 2.39. The zero-order valence-corrected chi connectivity index (χ0v) is 15.4. The third kappa shape index (κ3) is 4.50. The summed E-state index contributed by atoms with van der Waals surface area (Å²) < 4.78 is 0. The van der Waals surface area contributed by atoms with Crippen molar-refractivity contribution >= 4 is 6.08 Å². The highest BCUT2D eigenvalue weighted by Gasteiger charge is 2.28. The minimum Gasteiger partial charge on any atom is -0.402 e. The summed E-state index contributed by atoms with van der Waals surface area (Å²) in [5, 5.41) is 0. The second-order valence-corrected chi connectivity index (χ2v) is 7.40. The van der Waals surface area contributed by atoms with Gasteiger partial charge in [0.15, 0.2) is 0 Å². The molecule has 1 saturated carbocycles. The summed E-state index contributed by atoms with van der Waals surface area (Å²) in [4.78, 5) is 0. The van der Waals surface area contributed by atoms with Crippen molar-refractivity contribution in [3.05, 3.63) is 52.2 Å². The quantitative estimate of drug-likeness (QED) is 0.676. The molecule has 0 amide bonds. The standard InChI is InChI=1S/C22H33N/c1-6-8-18-12-19(7-2)17(5)20(13-18)14-22(11-16(4)23)21-9-15(3)10-21/h12-15,21H,4,6-11,23H2,1-3,5H3/b22-14-. The van der Waals surface area contributed by atoms with Crippen molar-refractivity contribution in [1.82, 2.24) is 0 Å². The van der Waals surface area contributed by atoms with Crippen LogP contribution in [0.3, 0.4) is 0 Å². The summed E-state index contributed by atoms with van der Waals surface area (Å²) in [7, 11) is 0. The summed E-state index contributed by atoms with van der Waals surface area (Å²) in [5.74, 6) is 1.55. The van der Waals surface area contributed by atoms with E-state index in [1.54, 1.807) is 0 Å². The summed E-state index contributed by atoms with van der Waals surface area (Å²) in [5.41, 5.74) is 14.0. The van der Waals surface area contributed by atoms with Crippen LogP contribution in [0.25, 0.3) is 6.08 Å². The van der Waals surface area contributed by atoms with Gasteiger partial charge in [-0.3, -0.25) is 0 Å². The third-order valence-corrected chi connectivity index (χ3v) is 5.21. The average molecular weight is 312 g/mol. The van der Waals surface area contributed by atoms with Gasteiger partial charge < -0.3 is 5.73 Å². The minimum absolute atomic E-state index is 0.699. The monoisotopic (exact) mass is 311 g/mol. The molecular weight excluding hydrogens is 278 g/mol. The first-order valence-corrected chi connectivity index (χ1v) is 9.20. The molecule has 0 saturated heterocycles. The van der Waals surface area contributed by atoms with Crippen molar-refractivity contribution in [2.75, 3.05) is 0 Å². The van der Waals surface area contributed by atoms with E-state index in [1.165, 1.54) is 47.1 Å². The third-order valence-electron chi connectivity index (χ3n) is 5.21. The molecule has 1 aliphatic rings. The van der Waals surface area contributed by atoms with Gasteiger partial charge in [0.25, 0.3) is 0 Å². The van der Waals surface area contributed by atoms with Crippen LogP contribution in [0.4, 0.5) is 0 Å². The van der Waals surface area contributed by atoms with Gasteiger partial charge in [-0.15, -0.1) is 0 Å². The summed E-state index contributed by atoms with van der Waals surface area (Å²) in [6, 6.07) is 4.78. The predicted octanol–water partition coefficient (Wildman–Crippen LogP) is 5.80. The molecule has 126 valence electrons. The molecule has 23 heavy (non-hydrogen) atoms. The second-order valence-electron chi connectivity index (χ2n) is 7.40. The lowest BCUT2D eigenvalue weighted by atomic mass is 9.70. The zero-order chi connectivity index (χ0) is 17.0. The smallest absolute Gasteiger partial charge is 0.00796 e. The number of rotatable bonds is 7. The van der Waals surface area contributed by atoms with Crippen molar-refractivity contribution in [2.24, 2.45) is 17.6 Å². The molecule has 2 rings (SSSR count). The Morgan fingerprint density at radius 2 is 2.00 bits per heavy atom. The van der Waals surface area contributed by atoms with Gasteiger partial charge in [0.05, 0.1) is 0 Å². The Morgan fingerprint density at radius 1 is 1.30 bits per heavy atom. The molecule has 1 fully saturated rings. The van der Waals surface area contributed by atoms with E-state index in [-0.39, 0.29) is 0 Å². The van der Waals surface area contributed by atoms with Crippen LogP contribution in [0, 0.1) is 18.8 Å². The first-order valence-electron chi connectivity index (χ1n) is 9.20. The van der Waals surface area contributed by atoms with Gasteiger partial charge in [0, 0.05) is 12.1 Å². The molecule has 0 aromatic heterocycles. The van der Waals surface area contributed by atoms with Crippen LogP contribution in [0.2, 0.25) is 0 Å². The molecule has 1 aromatic rings. The second kappa shape index (κ2) is 7.86. The molecule has 2 N–H and O–H groups in total. The molecule has 0 bridgehead atoms. The van der Waals surface area contributed by atoms with E-state index < -0.39 is 0 Å². The fourth-order valence-electron chi connectivity index (χ4n) is 3.80. The number of hydrogen-bond acceptors (Lipinski definition) is 1. The molecule has 0 spiro atoms. The maximum Gasteiger partial charge on any atom is 0.00796 e. The van der Waals surface area contributed by atoms with Crippen LogP contribution in [-0.2, 0) is 12.8 Å². The maximum atomic E-state index is 5.93. The Bertz CT molecular complexity index is 588. The van der Waals surface area contributed by atoms with E-state index in [9.17, 15) is 0 Å². The molecule has 0 aliphatic heterocycles. The molecule has 1 nitrogen and oxygen atoms in total. The van der Waals surface area contributed by atoms with E-state index in [4.69, 9.17) is 5.73 Å². The fraction of sp³-hybridized carbons (Fsp3) is 0.545. The lowest BCUT2D eigenvalue weighted by molar-refractivity contribution is 0.247. The number of nitrogens with two attached hydrogens (primary N) is 1. The van der Waals surface area contributed by atoms with Gasteiger partial charge in [0.1, 0.15) is 0 Å². The maximum absolute atomic E-state index is 5.93. The van der Waals surface area contributed by atoms with E-state index in [0.29, 0.717) is 5.92 Å². The van der Waals surface area contributed by atoms with Crippen LogP contribution >= 0.6 is 0 Å². The zero-order valence-electron chi connectivity index (χ0n) is 15.4. The van der Waals surface area contributed by atoms with Crippen molar-refractivity contribution in [3.8, 4) is 0 Å². The van der Waals surface area contributed by atoms with Crippen LogP contribution in [0.5, 0.6) is 0 Å². The van der Waals surface area contributed by atoms with Crippen LogP contribution < -0.4 is 5.73 Å². The van der Waals surface area contributed by atoms with Crippen molar-refractivity contribution in [1.29, 1.82) is 0 Å². The number of aryl methyl sites for hydroxylation is 2. The predicted molar refractivity (Wildman–Crippen MR) is 102 cm³/mol. The highest BCUT2D eigenvalue weighted by molar-refractivity contribution is 5.60. The van der Waals surface area contributed by atoms with Gasteiger partial charge in [-0.25, -0.2) is 0 Å². The van der Waals surface area contributed by atoms with Gasteiger partial charge in [-0.05, 0) is 66.7 Å². The highest BCUT2D eigenvalue weighted by Crippen LogP contribution is 2.41. The molecule has 1 heteroatoms. The van der Waals surface area contributed by atoms with Crippen molar-refractivity contribution < 1.29 is 0 Å². The highest BCUT2D eigenvalue weighted by atomic mass is 14.6. The number of allylic oxidation sites excluding steroid dienone is 1. The Labute approximate surface area is 142 Å². The first kappa shape index (κ1) is 17.8. The van der Waals surface area contributed by atoms with E-state index in [0.717, 1.165) is 30.9 Å². The number of hydrogen-bond donors (Lipinski definition) is 1. The molecule has 0 unspecified atom stereocenters.